The van der Waals surface area contributed by atoms with Gasteiger partial charge in [0.05, 0.1) is 40.6 Å². The molecule has 0 saturated heterocycles. The largest absolute Gasteiger partial charge is 0.419 e. The van der Waals surface area contributed by atoms with E-state index >= 15 is 0 Å². The molecule has 1 aliphatic rings. The van der Waals surface area contributed by atoms with Gasteiger partial charge < -0.3 is 15.3 Å². The summed E-state index contributed by atoms with van der Waals surface area (Å²) in [5, 5.41) is 12.7. The van der Waals surface area contributed by atoms with E-state index in [0.717, 1.165) is 23.5 Å². The lowest BCUT2D eigenvalue weighted by Gasteiger charge is -2.37. The van der Waals surface area contributed by atoms with Gasteiger partial charge in [-0.2, -0.15) is 13.2 Å². The van der Waals surface area contributed by atoms with Crippen LogP contribution < -0.4 is 10.2 Å². The molecule has 1 aliphatic heterocycles. The van der Waals surface area contributed by atoms with Gasteiger partial charge in [0, 0.05) is 30.7 Å². The van der Waals surface area contributed by atoms with Crippen LogP contribution in [0.3, 0.4) is 0 Å². The number of amides is 1. The number of nitrogens with zero attached hydrogens (tertiary/aromatic N) is 4. The second kappa shape index (κ2) is 11.3. The van der Waals surface area contributed by atoms with E-state index in [0.29, 0.717) is 19.4 Å². The summed E-state index contributed by atoms with van der Waals surface area (Å²) in [6, 6.07) is 6.67. The van der Waals surface area contributed by atoms with Crippen molar-refractivity contribution in [3.8, 4) is 0 Å². The number of carbonyl (C=O) groups excluding carboxylic acids is 1. The van der Waals surface area contributed by atoms with Crippen LogP contribution in [0.4, 0.5) is 19.1 Å². The molecule has 2 aromatic heterocycles. The second-order valence-electron chi connectivity index (χ2n) is 9.05. The maximum atomic E-state index is 13.2. The summed E-state index contributed by atoms with van der Waals surface area (Å²) in [4.78, 5) is 27.0. The Bertz CT molecular complexity index is 1450. The SMILES string of the molecule is CC[C@@H]1c2cc(C(=O)N[C@H](CO)c3ncccc3S(=O)(=O)CC)ccc2CCN1c1ncc(C(F)(F)F)cn1. The van der Waals surface area contributed by atoms with Crippen LogP contribution in [0, 0.1) is 0 Å². The fourth-order valence-corrected chi connectivity index (χ4v) is 5.77. The van der Waals surface area contributed by atoms with Crippen molar-refractivity contribution in [2.75, 3.05) is 23.8 Å². The molecule has 208 valence electrons. The van der Waals surface area contributed by atoms with Crippen molar-refractivity contribution in [3.05, 3.63) is 76.9 Å². The summed E-state index contributed by atoms with van der Waals surface area (Å²) < 4.78 is 64.0. The Balaban J connectivity index is 1.61. The van der Waals surface area contributed by atoms with E-state index in [1.54, 1.807) is 12.1 Å². The van der Waals surface area contributed by atoms with Crippen LogP contribution in [0.25, 0.3) is 0 Å². The lowest BCUT2D eigenvalue weighted by molar-refractivity contribution is -0.138. The van der Waals surface area contributed by atoms with E-state index < -0.39 is 40.1 Å². The number of anilines is 1. The van der Waals surface area contributed by atoms with Gasteiger partial charge in [-0.15, -0.1) is 0 Å². The van der Waals surface area contributed by atoms with E-state index in [2.05, 4.69) is 20.3 Å². The first-order valence-corrected chi connectivity index (χ1v) is 14.0. The van der Waals surface area contributed by atoms with Gasteiger partial charge in [0.2, 0.25) is 5.95 Å². The molecule has 9 nitrogen and oxygen atoms in total. The number of pyridine rings is 1. The highest BCUT2D eigenvalue weighted by Crippen LogP contribution is 2.36. The highest BCUT2D eigenvalue weighted by molar-refractivity contribution is 7.91. The second-order valence-corrected chi connectivity index (χ2v) is 11.3. The number of halogens is 3. The lowest BCUT2D eigenvalue weighted by atomic mass is 9.89. The minimum atomic E-state index is -4.54. The summed E-state index contributed by atoms with van der Waals surface area (Å²) in [5.74, 6) is -0.546. The van der Waals surface area contributed by atoms with Crippen LogP contribution in [-0.4, -0.2) is 53.3 Å². The molecule has 0 unspecified atom stereocenters. The Kier molecular flexibility index (Phi) is 8.21. The van der Waals surface area contributed by atoms with Gasteiger partial charge in [-0.05, 0) is 48.2 Å². The van der Waals surface area contributed by atoms with E-state index in [1.807, 2.05) is 17.9 Å². The van der Waals surface area contributed by atoms with E-state index in [4.69, 9.17) is 0 Å². The zero-order valence-electron chi connectivity index (χ0n) is 21.3. The number of carbonyl (C=O) groups is 1. The minimum Gasteiger partial charge on any atom is -0.394 e. The minimum absolute atomic E-state index is 0.0465. The average molecular weight is 564 g/mol. The molecular weight excluding hydrogens is 535 g/mol. The summed E-state index contributed by atoms with van der Waals surface area (Å²) >= 11 is 0. The van der Waals surface area contributed by atoms with Crippen LogP contribution >= 0.6 is 0 Å². The monoisotopic (exact) mass is 563 g/mol. The fourth-order valence-electron chi connectivity index (χ4n) is 4.66. The number of fused-ring (bicyclic) bond motifs is 1. The number of aliphatic hydroxyl groups is 1. The van der Waals surface area contributed by atoms with Gasteiger partial charge >= 0.3 is 6.18 Å². The molecule has 39 heavy (non-hydrogen) atoms. The number of benzene rings is 1. The predicted octanol–water partition coefficient (Wildman–Crippen LogP) is 3.66. The van der Waals surface area contributed by atoms with Crippen LogP contribution in [0.15, 0.2) is 53.8 Å². The number of aliphatic hydroxyl groups excluding tert-OH is 1. The van der Waals surface area contributed by atoms with Crippen LogP contribution in [-0.2, 0) is 22.4 Å². The molecule has 0 radical (unpaired) electrons. The summed E-state index contributed by atoms with van der Waals surface area (Å²) in [6.07, 6.45) is -0.482. The number of hydrogen-bond acceptors (Lipinski definition) is 8. The van der Waals surface area contributed by atoms with E-state index in [-0.39, 0.29) is 33.9 Å². The number of alkyl halides is 3. The maximum absolute atomic E-state index is 13.2. The van der Waals surface area contributed by atoms with Crippen molar-refractivity contribution in [1.82, 2.24) is 20.3 Å². The number of hydrogen-bond donors (Lipinski definition) is 2. The van der Waals surface area contributed by atoms with Crippen molar-refractivity contribution < 1.29 is 31.5 Å². The average Bonchev–Trinajstić information content (AvgIpc) is 2.94. The zero-order valence-corrected chi connectivity index (χ0v) is 22.1. The molecule has 13 heteroatoms. The molecule has 2 N–H and O–H groups in total. The fraction of sp³-hybridized carbons (Fsp3) is 0.385. The van der Waals surface area contributed by atoms with Crippen LogP contribution in [0.2, 0.25) is 0 Å². The first-order valence-electron chi connectivity index (χ1n) is 12.4. The number of nitrogens with one attached hydrogen (secondary N) is 1. The quantitative estimate of drug-likeness (QED) is 0.426. The Morgan fingerprint density at radius 2 is 1.90 bits per heavy atom. The number of sulfone groups is 1. The molecule has 2 atom stereocenters. The first kappa shape index (κ1) is 28.4. The van der Waals surface area contributed by atoms with Gasteiger partial charge in [-0.25, -0.2) is 18.4 Å². The Morgan fingerprint density at radius 1 is 1.18 bits per heavy atom. The third-order valence-electron chi connectivity index (χ3n) is 6.71. The maximum Gasteiger partial charge on any atom is 0.419 e. The van der Waals surface area contributed by atoms with E-state index in [1.165, 1.54) is 25.3 Å². The van der Waals surface area contributed by atoms with Gasteiger partial charge in [0.15, 0.2) is 9.84 Å². The van der Waals surface area contributed by atoms with Crippen molar-refractivity contribution in [1.29, 1.82) is 0 Å². The smallest absolute Gasteiger partial charge is 0.394 e. The first-order chi connectivity index (χ1) is 18.5. The normalized spacial score (nSPS) is 16.5. The molecule has 1 amide bonds. The van der Waals surface area contributed by atoms with Crippen molar-refractivity contribution in [2.45, 2.75) is 49.8 Å². The number of rotatable bonds is 8. The van der Waals surface area contributed by atoms with Crippen molar-refractivity contribution in [3.63, 3.8) is 0 Å². The van der Waals surface area contributed by atoms with Crippen molar-refractivity contribution in [2.24, 2.45) is 0 Å². The van der Waals surface area contributed by atoms with Gasteiger partial charge in [-0.1, -0.05) is 19.9 Å². The molecule has 4 rings (SSSR count). The van der Waals surface area contributed by atoms with Crippen molar-refractivity contribution >= 4 is 21.7 Å². The molecule has 0 saturated carbocycles. The summed E-state index contributed by atoms with van der Waals surface area (Å²) in [6.45, 7) is 3.33. The lowest BCUT2D eigenvalue weighted by Crippen LogP contribution is -2.37. The topological polar surface area (TPSA) is 125 Å². The van der Waals surface area contributed by atoms with Crippen LogP contribution in [0.5, 0.6) is 0 Å². The standard InChI is InChI=1S/C26H28F3N5O4S/c1-3-21-19-12-17(24(36)33-20(15-35)23-22(6-5-10-30-23)39(37,38)4-2)8-7-16(19)9-11-34(21)25-31-13-18(14-32-25)26(27,28)29/h5-8,10,12-14,20-21,35H,3-4,9,11,15H2,1-2H3,(H,33,36)/t20-,21-/m1/s1. The van der Waals surface area contributed by atoms with Gasteiger partial charge in [0.25, 0.3) is 5.91 Å². The Hall–Kier alpha value is -3.58. The molecular formula is C26H28F3N5O4S. The molecule has 3 aromatic rings. The molecule has 1 aromatic carbocycles. The number of aromatic nitrogens is 3. The molecule has 0 aliphatic carbocycles. The highest BCUT2D eigenvalue weighted by atomic mass is 32.2. The van der Waals surface area contributed by atoms with Crippen LogP contribution in [0.1, 0.15) is 65.1 Å². The highest BCUT2D eigenvalue weighted by Gasteiger charge is 2.33. The Morgan fingerprint density at radius 3 is 2.51 bits per heavy atom. The van der Waals surface area contributed by atoms with Gasteiger partial charge in [-0.3, -0.25) is 9.78 Å². The Labute approximate surface area is 224 Å². The summed E-state index contributed by atoms with van der Waals surface area (Å²) in [7, 11) is -3.66. The third-order valence-corrected chi connectivity index (χ3v) is 8.48. The molecule has 3 heterocycles. The van der Waals surface area contributed by atoms with Gasteiger partial charge in [0.1, 0.15) is 0 Å². The third kappa shape index (κ3) is 5.88. The predicted molar refractivity (Wildman–Crippen MR) is 137 cm³/mol. The summed E-state index contributed by atoms with van der Waals surface area (Å²) in [5.41, 5.74) is 1.19. The molecule has 0 bridgehead atoms. The van der Waals surface area contributed by atoms with E-state index in [9.17, 15) is 31.5 Å². The zero-order chi connectivity index (χ0) is 28.4. The molecule has 0 fully saturated rings. The molecule has 0 spiro atoms.